The Morgan fingerprint density at radius 1 is 1.38 bits per heavy atom. The maximum atomic E-state index is 11.6. The fraction of sp³-hybridized carbons (Fsp3) is 0.583. The number of alkyl halides is 1. The van der Waals surface area contributed by atoms with Crippen molar-refractivity contribution in [2.75, 3.05) is 18.0 Å². The first-order valence-corrected chi connectivity index (χ1v) is 7.78. The Bertz CT molecular complexity index is 416. The first-order valence-electron chi connectivity index (χ1n) is 5.63. The highest BCUT2D eigenvalue weighted by molar-refractivity contribution is 14.1. The molecule has 0 saturated carbocycles. The molecule has 1 aromatic rings. The molecule has 0 radical (unpaired) electrons. The first kappa shape index (κ1) is 12.1. The molecule has 0 unspecified atom stereocenters. The van der Waals surface area contributed by atoms with Gasteiger partial charge in [-0.25, -0.2) is 0 Å². The van der Waals surface area contributed by atoms with Crippen LogP contribution in [-0.2, 0) is 6.54 Å². The zero-order valence-corrected chi connectivity index (χ0v) is 11.6. The lowest BCUT2D eigenvalue weighted by Gasteiger charge is -2.37. The van der Waals surface area contributed by atoms with Crippen LogP contribution in [0.2, 0.25) is 0 Å². The van der Waals surface area contributed by atoms with E-state index in [2.05, 4.69) is 34.0 Å². The number of hydrogen-bond donors (Lipinski definition) is 1. The molecular weight excluding hydrogens is 315 g/mol. The number of fused-ring (bicyclic) bond motifs is 4. The number of pyridine rings is 1. The van der Waals surface area contributed by atoms with E-state index in [9.17, 15) is 4.79 Å². The summed E-state index contributed by atoms with van der Waals surface area (Å²) in [7, 11) is 0. The molecule has 2 aliphatic rings. The third-order valence-corrected chi connectivity index (χ3v) is 3.38. The number of nitrogens with one attached hydrogen (secondary N) is 1. The van der Waals surface area contributed by atoms with Gasteiger partial charge in [0.25, 0.3) is 5.56 Å². The van der Waals surface area contributed by atoms with Gasteiger partial charge >= 0.3 is 0 Å². The van der Waals surface area contributed by atoms with Gasteiger partial charge in [-0.15, -0.1) is 0 Å². The largest absolute Gasteiger partial charge is 0.316 e. The number of nitrogens with zero attached hydrogens (tertiary/aromatic N) is 1. The zero-order chi connectivity index (χ0) is 11.5. The molecule has 3 rings (SSSR count). The topological polar surface area (TPSA) is 34.0 Å². The van der Waals surface area contributed by atoms with E-state index in [0.29, 0.717) is 11.8 Å². The maximum absolute atomic E-state index is 11.6. The van der Waals surface area contributed by atoms with Gasteiger partial charge in [-0.05, 0) is 29.9 Å². The molecule has 1 aromatic heterocycles. The van der Waals surface area contributed by atoms with Crippen molar-refractivity contribution < 1.29 is 0 Å². The Morgan fingerprint density at radius 3 is 3.00 bits per heavy atom. The van der Waals surface area contributed by atoms with Crippen LogP contribution in [0.15, 0.2) is 23.0 Å². The third-order valence-electron chi connectivity index (χ3n) is 3.38. The van der Waals surface area contributed by atoms with Crippen molar-refractivity contribution in [1.82, 2.24) is 9.88 Å². The molecule has 2 atom stereocenters. The van der Waals surface area contributed by atoms with Gasteiger partial charge in [-0.3, -0.25) is 4.79 Å². The molecule has 0 amide bonds. The van der Waals surface area contributed by atoms with Gasteiger partial charge in [0.05, 0.1) is 0 Å². The Hall–Kier alpha value is -0.360. The van der Waals surface area contributed by atoms with Crippen LogP contribution in [0.1, 0.15) is 18.0 Å². The molecule has 1 saturated heterocycles. The minimum Gasteiger partial charge on any atom is -0.316 e. The number of hydrogen-bond acceptors (Lipinski definition) is 2. The highest BCUT2D eigenvalue weighted by atomic mass is 127. The summed E-state index contributed by atoms with van der Waals surface area (Å²) < 4.78 is 1.96. The summed E-state index contributed by atoms with van der Waals surface area (Å²) in [4.78, 5) is 13.6. The summed E-state index contributed by atoms with van der Waals surface area (Å²) in [6.07, 6.45) is 1.25. The zero-order valence-electron chi connectivity index (χ0n) is 9.45. The summed E-state index contributed by atoms with van der Waals surface area (Å²) in [5.41, 5.74) is 1.39. The summed E-state index contributed by atoms with van der Waals surface area (Å²) in [5, 5.41) is 3.43. The van der Waals surface area contributed by atoms with E-state index in [0.717, 1.165) is 19.6 Å². The smallest absolute Gasteiger partial charge is 0.250 e. The summed E-state index contributed by atoms with van der Waals surface area (Å²) in [5.74, 6) is 1.21. The van der Waals surface area contributed by atoms with Crippen LogP contribution in [0.3, 0.4) is 0 Å². The van der Waals surface area contributed by atoms with Crippen LogP contribution in [0.5, 0.6) is 0 Å². The Balaban J connectivity index is 0.000000457. The van der Waals surface area contributed by atoms with Crippen molar-refractivity contribution in [3.05, 3.63) is 34.2 Å². The molecule has 1 fully saturated rings. The summed E-state index contributed by atoms with van der Waals surface area (Å²) in [6, 6.07) is 5.64. The molecular formula is C12H17IN2O. The Labute approximate surface area is 109 Å². The highest BCUT2D eigenvalue weighted by Gasteiger charge is 2.30. The second kappa shape index (κ2) is 5.31. The Kier molecular flexibility index (Phi) is 4.02. The quantitative estimate of drug-likeness (QED) is 0.579. The average molecular weight is 332 g/mol. The van der Waals surface area contributed by atoms with Gasteiger partial charge in [-0.2, -0.15) is 0 Å². The molecule has 0 aromatic carbocycles. The summed E-state index contributed by atoms with van der Waals surface area (Å²) in [6.45, 7) is 3.00. The molecule has 0 spiro atoms. The van der Waals surface area contributed by atoms with Crippen LogP contribution in [0.4, 0.5) is 0 Å². The van der Waals surface area contributed by atoms with E-state index in [1.165, 1.54) is 12.1 Å². The first-order chi connectivity index (χ1) is 7.84. The van der Waals surface area contributed by atoms with E-state index >= 15 is 0 Å². The van der Waals surface area contributed by atoms with Gasteiger partial charge < -0.3 is 9.88 Å². The van der Waals surface area contributed by atoms with E-state index in [-0.39, 0.29) is 5.56 Å². The molecule has 4 heteroatoms. The van der Waals surface area contributed by atoms with Crippen molar-refractivity contribution in [2.24, 2.45) is 5.92 Å². The number of aromatic nitrogens is 1. The van der Waals surface area contributed by atoms with Crippen molar-refractivity contribution in [3.63, 3.8) is 0 Å². The third kappa shape index (κ3) is 2.18. The van der Waals surface area contributed by atoms with Crippen LogP contribution in [0, 0.1) is 5.92 Å². The fourth-order valence-corrected chi connectivity index (χ4v) is 2.74. The predicted octanol–water partition coefficient (Wildman–Crippen LogP) is 1.61. The van der Waals surface area contributed by atoms with Crippen LogP contribution >= 0.6 is 22.6 Å². The molecule has 2 aliphatic heterocycles. The average Bonchev–Trinajstić information content (AvgIpc) is 2.34. The standard InChI is InChI=1S/C11H14N2O.CH3I/c14-11-3-1-2-10-9-4-8(5-12-6-9)7-13(10)11;1-2/h1-3,8-9,12H,4-7H2;1H3/t8-,9+;/m0./s1. The SMILES string of the molecule is CI.O=c1cccc2n1C[C@@H]1CNC[C@H]2C1. The fourth-order valence-electron chi connectivity index (χ4n) is 2.74. The summed E-state index contributed by atoms with van der Waals surface area (Å²) >= 11 is 2.15. The lowest BCUT2D eigenvalue weighted by molar-refractivity contribution is 0.257. The van der Waals surface area contributed by atoms with Gasteiger partial charge in [0.15, 0.2) is 0 Å². The van der Waals surface area contributed by atoms with Gasteiger partial charge in [0.2, 0.25) is 0 Å². The number of piperidine rings is 1. The molecule has 0 aliphatic carbocycles. The van der Waals surface area contributed by atoms with Crippen LogP contribution < -0.4 is 10.9 Å². The monoisotopic (exact) mass is 332 g/mol. The molecule has 2 bridgehead atoms. The van der Waals surface area contributed by atoms with Gasteiger partial charge in [0.1, 0.15) is 0 Å². The van der Waals surface area contributed by atoms with Crippen LogP contribution in [-0.4, -0.2) is 22.6 Å². The number of halogens is 1. The van der Waals surface area contributed by atoms with Gasteiger partial charge in [-0.1, -0.05) is 28.7 Å². The molecule has 1 N–H and O–H groups in total. The minimum atomic E-state index is 0.166. The second-order valence-electron chi connectivity index (χ2n) is 4.36. The van der Waals surface area contributed by atoms with Crippen molar-refractivity contribution in [2.45, 2.75) is 18.9 Å². The Morgan fingerprint density at radius 2 is 2.19 bits per heavy atom. The molecule has 3 heterocycles. The molecule has 16 heavy (non-hydrogen) atoms. The van der Waals surface area contributed by atoms with Crippen LogP contribution in [0.25, 0.3) is 0 Å². The van der Waals surface area contributed by atoms with Crippen molar-refractivity contribution in [3.8, 4) is 0 Å². The normalized spacial score (nSPS) is 26.4. The maximum Gasteiger partial charge on any atom is 0.250 e. The van der Waals surface area contributed by atoms with E-state index < -0.39 is 0 Å². The van der Waals surface area contributed by atoms with Crippen molar-refractivity contribution in [1.29, 1.82) is 0 Å². The van der Waals surface area contributed by atoms with E-state index in [4.69, 9.17) is 0 Å². The van der Waals surface area contributed by atoms with E-state index in [1.54, 1.807) is 6.07 Å². The second-order valence-corrected chi connectivity index (χ2v) is 4.36. The number of rotatable bonds is 0. The predicted molar refractivity (Wildman–Crippen MR) is 74.4 cm³/mol. The highest BCUT2D eigenvalue weighted by Crippen LogP contribution is 2.31. The van der Waals surface area contributed by atoms with E-state index in [1.807, 2.05) is 15.6 Å². The lowest BCUT2D eigenvalue weighted by atomic mass is 9.84. The molecule has 3 nitrogen and oxygen atoms in total. The lowest BCUT2D eigenvalue weighted by Crippen LogP contribution is -2.44. The molecule has 88 valence electrons. The van der Waals surface area contributed by atoms with Crippen molar-refractivity contribution >= 4 is 22.6 Å². The van der Waals surface area contributed by atoms with Gasteiger partial charge in [0, 0.05) is 30.8 Å². The minimum absolute atomic E-state index is 0.166.